The minimum Gasteiger partial charge on any atom is -0.486 e. The Morgan fingerprint density at radius 3 is 2.66 bits per heavy atom. The first-order chi connectivity index (χ1) is 22.2. The average molecular weight is 682 g/mol. The fraction of sp³-hybridized carbons (Fsp3) is 0.581. The Morgan fingerprint density at radius 1 is 1.17 bits per heavy atom. The highest BCUT2D eigenvalue weighted by atomic mass is 35.5. The van der Waals surface area contributed by atoms with Crippen LogP contribution in [0.15, 0.2) is 12.1 Å². The van der Waals surface area contributed by atoms with Gasteiger partial charge in [0.2, 0.25) is 0 Å². The van der Waals surface area contributed by atoms with Crippen LogP contribution >= 0.6 is 11.6 Å². The number of aromatic nitrogens is 3. The van der Waals surface area contributed by atoms with Crippen molar-refractivity contribution in [3.63, 3.8) is 0 Å². The van der Waals surface area contributed by atoms with Gasteiger partial charge in [-0.25, -0.2) is 18.2 Å². The van der Waals surface area contributed by atoms with Crippen LogP contribution < -0.4 is 25.4 Å². The van der Waals surface area contributed by atoms with Gasteiger partial charge in [0.1, 0.15) is 29.9 Å². The minimum atomic E-state index is -4.91. The molecule has 0 radical (unpaired) electrons. The van der Waals surface area contributed by atoms with Gasteiger partial charge in [-0.2, -0.15) is 23.1 Å². The number of halogens is 7. The number of benzene rings is 1. The van der Waals surface area contributed by atoms with Crippen LogP contribution in [-0.4, -0.2) is 81.8 Å². The molecule has 1 spiro atoms. The summed E-state index contributed by atoms with van der Waals surface area (Å²) in [7, 11) is 0. The topological polar surface area (TPSA) is 102 Å². The molecule has 7 heterocycles. The summed E-state index contributed by atoms with van der Waals surface area (Å²) < 4.78 is 101. The number of nitrogens with one attached hydrogen (secondary N) is 1. The van der Waals surface area contributed by atoms with Crippen molar-refractivity contribution in [1.29, 1.82) is 0 Å². The molecule has 9 rings (SSSR count). The van der Waals surface area contributed by atoms with E-state index in [1.165, 1.54) is 0 Å². The van der Waals surface area contributed by atoms with E-state index in [4.69, 9.17) is 31.8 Å². The molecule has 47 heavy (non-hydrogen) atoms. The molecule has 3 aromatic rings. The summed E-state index contributed by atoms with van der Waals surface area (Å²) in [6.07, 6.45) is -2.93. The van der Waals surface area contributed by atoms with E-state index < -0.39 is 56.8 Å². The number of nitrogens with two attached hydrogens (primary N) is 1. The third-order valence-corrected chi connectivity index (χ3v) is 11.6. The van der Waals surface area contributed by atoms with Crippen molar-refractivity contribution in [3.05, 3.63) is 28.5 Å². The SMILES string of the molecule is C[C@@H]1Oc2c(Cl)c(-c3nc(N)ccc3C(F)(F)F)c(F)c3nc(OC[C@@]45CCN4C[C@]4(CC4(F)F)C5)nc(c23)N2C[C@H]3CC[C@H](N3)[C@@H]12. The molecule has 1 aliphatic carbocycles. The summed E-state index contributed by atoms with van der Waals surface area (Å²) >= 11 is 6.81. The van der Waals surface area contributed by atoms with E-state index in [1.807, 2.05) is 16.7 Å². The second kappa shape index (κ2) is 9.44. The number of ether oxygens (including phenoxy) is 2. The fourth-order valence-electron chi connectivity index (χ4n) is 8.86. The molecule has 250 valence electrons. The van der Waals surface area contributed by atoms with Crippen molar-refractivity contribution in [2.75, 3.05) is 36.9 Å². The number of pyridine rings is 1. The maximum absolute atomic E-state index is 16.9. The van der Waals surface area contributed by atoms with E-state index in [2.05, 4.69) is 15.3 Å². The molecule has 2 aromatic heterocycles. The summed E-state index contributed by atoms with van der Waals surface area (Å²) in [5.41, 5.74) is 1.07. The van der Waals surface area contributed by atoms with Crippen LogP contribution in [0.1, 0.15) is 44.6 Å². The Bertz CT molecular complexity index is 1860. The van der Waals surface area contributed by atoms with Crippen molar-refractivity contribution in [1.82, 2.24) is 25.2 Å². The molecule has 1 saturated carbocycles. The van der Waals surface area contributed by atoms with Crippen molar-refractivity contribution in [2.24, 2.45) is 5.41 Å². The Hall–Kier alpha value is -3.30. The van der Waals surface area contributed by atoms with Crippen LogP contribution in [0.25, 0.3) is 22.2 Å². The zero-order valence-corrected chi connectivity index (χ0v) is 25.9. The van der Waals surface area contributed by atoms with E-state index in [1.54, 1.807) is 0 Å². The maximum Gasteiger partial charge on any atom is 0.418 e. The second-order valence-corrected chi connectivity index (χ2v) is 14.4. The standard InChI is InChI=1S/C31H30ClF6N7O2/c1-13-24-16-4-2-14(40-16)8-45(24)26-19-23(42-27(43-26)46-12-29-6-7-44(29)11-28(9-29)10-30(28,34)35)21(33)18(20(32)25(19)47-13)22-15(31(36,37)38)3-5-17(39)41-22/h3,5,13-14,16,24,40H,2,4,6-12H2,1H3,(H2,39,41)/t13-,14+,16-,24+,28+,29-/m0/s1. The molecule has 5 fully saturated rings. The molecular weight excluding hydrogens is 652 g/mol. The van der Waals surface area contributed by atoms with Gasteiger partial charge < -0.3 is 25.4 Å². The van der Waals surface area contributed by atoms with Gasteiger partial charge in [-0.05, 0) is 44.7 Å². The molecular formula is C31H30ClF6N7O2. The lowest BCUT2D eigenvalue weighted by molar-refractivity contribution is -0.137. The van der Waals surface area contributed by atoms with E-state index >= 15 is 4.39 Å². The quantitative estimate of drug-likeness (QED) is 0.350. The van der Waals surface area contributed by atoms with Crippen LogP contribution in [0, 0.1) is 11.2 Å². The molecule has 1 aromatic carbocycles. The molecule has 6 aliphatic rings. The molecule has 0 amide bonds. The van der Waals surface area contributed by atoms with Crippen molar-refractivity contribution in [2.45, 2.75) is 80.9 Å². The number of alkyl halides is 5. The smallest absolute Gasteiger partial charge is 0.418 e. The first-order valence-corrected chi connectivity index (χ1v) is 16.1. The molecule has 4 saturated heterocycles. The van der Waals surface area contributed by atoms with Gasteiger partial charge in [-0.1, -0.05) is 11.6 Å². The van der Waals surface area contributed by atoms with Crippen LogP contribution in [0.3, 0.4) is 0 Å². The molecule has 9 nitrogen and oxygen atoms in total. The van der Waals surface area contributed by atoms with Gasteiger partial charge in [0, 0.05) is 38.1 Å². The third kappa shape index (κ3) is 4.14. The van der Waals surface area contributed by atoms with Crippen LogP contribution in [-0.2, 0) is 6.18 Å². The van der Waals surface area contributed by atoms with Crippen LogP contribution in [0.5, 0.6) is 11.8 Å². The highest BCUT2D eigenvalue weighted by Gasteiger charge is 2.78. The summed E-state index contributed by atoms with van der Waals surface area (Å²) in [4.78, 5) is 17.1. The van der Waals surface area contributed by atoms with Gasteiger partial charge >= 0.3 is 12.2 Å². The van der Waals surface area contributed by atoms with Crippen molar-refractivity contribution in [3.8, 4) is 23.0 Å². The fourth-order valence-corrected chi connectivity index (χ4v) is 9.18. The Labute approximate surface area is 269 Å². The predicted molar refractivity (Wildman–Crippen MR) is 159 cm³/mol. The average Bonchev–Trinajstić information content (AvgIpc) is 3.25. The number of hydrogen-bond donors (Lipinski definition) is 2. The van der Waals surface area contributed by atoms with Crippen molar-refractivity contribution >= 4 is 34.1 Å². The number of nitrogen functional groups attached to an aromatic ring is 1. The lowest BCUT2D eigenvalue weighted by atomic mass is 9.83. The lowest BCUT2D eigenvalue weighted by Crippen LogP contribution is -2.62. The zero-order valence-electron chi connectivity index (χ0n) is 25.1. The van der Waals surface area contributed by atoms with E-state index in [0.29, 0.717) is 19.5 Å². The largest absolute Gasteiger partial charge is 0.486 e. The predicted octanol–water partition coefficient (Wildman–Crippen LogP) is 5.43. The molecule has 6 atom stereocenters. The van der Waals surface area contributed by atoms with Gasteiger partial charge in [0.05, 0.1) is 44.2 Å². The highest BCUT2D eigenvalue weighted by molar-refractivity contribution is 6.36. The summed E-state index contributed by atoms with van der Waals surface area (Å²) in [5, 5.41) is 3.29. The Morgan fingerprint density at radius 2 is 1.96 bits per heavy atom. The zero-order chi connectivity index (χ0) is 32.8. The molecule has 3 N–H and O–H groups in total. The lowest BCUT2D eigenvalue weighted by Gasteiger charge is -2.47. The number of rotatable bonds is 4. The van der Waals surface area contributed by atoms with Gasteiger partial charge in [0.15, 0.2) is 11.6 Å². The van der Waals surface area contributed by atoms with E-state index in [0.717, 1.165) is 25.0 Å². The third-order valence-electron chi connectivity index (χ3n) is 11.3. The molecule has 0 unspecified atom stereocenters. The molecule has 5 aliphatic heterocycles. The summed E-state index contributed by atoms with van der Waals surface area (Å²) in [6, 6.07) is 1.34. The van der Waals surface area contributed by atoms with Crippen LogP contribution in [0.4, 0.5) is 38.0 Å². The van der Waals surface area contributed by atoms with Gasteiger partial charge in [-0.3, -0.25) is 4.90 Å². The van der Waals surface area contributed by atoms with Crippen LogP contribution in [0.2, 0.25) is 5.02 Å². The monoisotopic (exact) mass is 681 g/mol. The highest BCUT2D eigenvalue weighted by Crippen LogP contribution is 2.70. The molecule has 2 bridgehead atoms. The number of anilines is 2. The summed E-state index contributed by atoms with van der Waals surface area (Å²) in [6.45, 7) is 3.28. The van der Waals surface area contributed by atoms with Gasteiger partial charge in [0.25, 0.3) is 5.92 Å². The summed E-state index contributed by atoms with van der Waals surface area (Å²) in [5.74, 6) is -3.93. The molecule has 16 heteroatoms. The second-order valence-electron chi connectivity index (χ2n) is 14.1. The number of piperazine rings is 1. The number of nitrogens with zero attached hydrogens (tertiary/aromatic N) is 5. The van der Waals surface area contributed by atoms with E-state index in [9.17, 15) is 22.0 Å². The Balaban J connectivity index is 1.22. The van der Waals surface area contributed by atoms with Gasteiger partial charge in [-0.15, -0.1) is 0 Å². The normalized spacial score (nSPS) is 33.3. The Kier molecular flexibility index (Phi) is 5.99. The first-order valence-electron chi connectivity index (χ1n) is 15.7. The number of fused-ring (bicyclic) bond motifs is 6. The first kappa shape index (κ1) is 29.8. The number of hydrogen-bond acceptors (Lipinski definition) is 9. The maximum atomic E-state index is 16.9. The van der Waals surface area contributed by atoms with Crippen molar-refractivity contribution < 1.29 is 35.8 Å². The van der Waals surface area contributed by atoms with E-state index in [-0.39, 0.29) is 78.4 Å². The minimum absolute atomic E-state index is 0.000251.